The fraction of sp³-hybridized carbons (Fsp3) is 0.682. The number of aliphatic hydroxyl groups excluding tert-OH is 2. The minimum atomic E-state index is -0.585. The van der Waals surface area contributed by atoms with Crippen molar-refractivity contribution in [3.8, 4) is 11.5 Å². The van der Waals surface area contributed by atoms with Gasteiger partial charge in [-0.3, -0.25) is 4.79 Å². The van der Waals surface area contributed by atoms with Crippen LogP contribution in [0, 0.1) is 17.3 Å². The smallest absolute Gasteiger partial charge is 0.227 e. The molecular weight excluding hydrogens is 358 g/mol. The van der Waals surface area contributed by atoms with Crippen molar-refractivity contribution in [1.29, 1.82) is 0 Å². The van der Waals surface area contributed by atoms with Gasteiger partial charge in [0.2, 0.25) is 5.91 Å². The van der Waals surface area contributed by atoms with Crippen LogP contribution in [-0.2, 0) is 4.79 Å². The lowest BCUT2D eigenvalue weighted by atomic mass is 9.72. The minimum Gasteiger partial charge on any atom is -0.493 e. The molecule has 1 aliphatic heterocycles. The van der Waals surface area contributed by atoms with Crippen LogP contribution in [0.15, 0.2) is 18.2 Å². The molecule has 0 spiro atoms. The Morgan fingerprint density at radius 3 is 2.61 bits per heavy atom. The van der Waals surface area contributed by atoms with Crippen molar-refractivity contribution in [1.82, 2.24) is 4.90 Å². The molecule has 1 saturated carbocycles. The summed E-state index contributed by atoms with van der Waals surface area (Å²) in [5.41, 5.74) is 0.551. The number of carbonyl (C=O) groups is 1. The molecule has 3 rings (SSSR count). The maximum absolute atomic E-state index is 12.7. The van der Waals surface area contributed by atoms with Crippen LogP contribution in [0.3, 0.4) is 0 Å². The van der Waals surface area contributed by atoms with E-state index >= 15 is 0 Å². The van der Waals surface area contributed by atoms with E-state index in [-0.39, 0.29) is 18.4 Å². The second-order valence-corrected chi connectivity index (χ2v) is 8.70. The number of hydrogen-bond donors (Lipinski definition) is 2. The lowest BCUT2D eigenvalue weighted by Crippen LogP contribution is -2.39. The molecule has 0 bridgehead atoms. The molecule has 28 heavy (non-hydrogen) atoms. The topological polar surface area (TPSA) is 79.2 Å². The van der Waals surface area contributed by atoms with Crippen LogP contribution in [-0.4, -0.2) is 60.5 Å². The van der Waals surface area contributed by atoms with Gasteiger partial charge in [-0.2, -0.15) is 0 Å². The first-order chi connectivity index (χ1) is 13.3. The third kappa shape index (κ3) is 4.13. The molecule has 2 fully saturated rings. The molecule has 1 saturated heterocycles. The van der Waals surface area contributed by atoms with Crippen molar-refractivity contribution in [2.75, 3.05) is 33.4 Å². The third-order valence-electron chi connectivity index (χ3n) is 6.45. The molecule has 1 amide bonds. The lowest BCUT2D eigenvalue weighted by Gasteiger charge is -2.34. The molecule has 1 aromatic carbocycles. The van der Waals surface area contributed by atoms with Gasteiger partial charge >= 0.3 is 0 Å². The molecule has 1 aromatic rings. The van der Waals surface area contributed by atoms with Gasteiger partial charge in [0.15, 0.2) is 11.5 Å². The van der Waals surface area contributed by atoms with Gasteiger partial charge in [0.05, 0.1) is 32.3 Å². The van der Waals surface area contributed by atoms with Crippen molar-refractivity contribution in [2.24, 2.45) is 17.3 Å². The highest BCUT2D eigenvalue weighted by Crippen LogP contribution is 2.47. The second kappa shape index (κ2) is 8.29. The van der Waals surface area contributed by atoms with Gasteiger partial charge in [0, 0.05) is 24.4 Å². The molecule has 0 aromatic heterocycles. The Labute approximate surface area is 167 Å². The number of nitrogens with zero attached hydrogens (tertiary/aromatic N) is 1. The van der Waals surface area contributed by atoms with Crippen molar-refractivity contribution >= 4 is 5.91 Å². The Kier molecular flexibility index (Phi) is 6.20. The summed E-state index contributed by atoms with van der Waals surface area (Å²) in [6.07, 6.45) is 1.84. The van der Waals surface area contributed by atoms with Gasteiger partial charge in [0.25, 0.3) is 0 Å². The summed E-state index contributed by atoms with van der Waals surface area (Å²) in [6, 6.07) is 5.90. The van der Waals surface area contributed by atoms with Gasteiger partial charge in [0.1, 0.15) is 0 Å². The van der Waals surface area contributed by atoms with Crippen LogP contribution in [0.1, 0.15) is 45.1 Å². The Morgan fingerprint density at radius 1 is 1.32 bits per heavy atom. The van der Waals surface area contributed by atoms with Crippen LogP contribution in [0.25, 0.3) is 0 Å². The molecule has 0 unspecified atom stereocenters. The number of aliphatic hydroxyl groups is 2. The zero-order valence-electron chi connectivity index (χ0n) is 17.4. The monoisotopic (exact) mass is 391 g/mol. The van der Waals surface area contributed by atoms with E-state index in [1.54, 1.807) is 25.9 Å². The average molecular weight is 392 g/mol. The summed E-state index contributed by atoms with van der Waals surface area (Å²) in [5.74, 6) is 1.50. The van der Waals surface area contributed by atoms with Crippen molar-refractivity contribution in [2.45, 2.75) is 45.6 Å². The van der Waals surface area contributed by atoms with Gasteiger partial charge in [-0.25, -0.2) is 0 Å². The van der Waals surface area contributed by atoms with E-state index in [4.69, 9.17) is 9.47 Å². The number of benzene rings is 1. The normalized spacial score (nSPS) is 26.8. The molecule has 6 nitrogen and oxygen atoms in total. The van der Waals surface area contributed by atoms with Crippen LogP contribution in [0.2, 0.25) is 0 Å². The molecule has 2 N–H and O–H groups in total. The fourth-order valence-electron chi connectivity index (χ4n) is 4.00. The highest BCUT2D eigenvalue weighted by Gasteiger charge is 2.48. The highest BCUT2D eigenvalue weighted by molar-refractivity contribution is 5.79. The quantitative estimate of drug-likeness (QED) is 0.712. The fourth-order valence-corrected chi connectivity index (χ4v) is 4.00. The van der Waals surface area contributed by atoms with Crippen LogP contribution < -0.4 is 9.47 Å². The van der Waals surface area contributed by atoms with E-state index in [0.717, 1.165) is 5.56 Å². The summed E-state index contributed by atoms with van der Waals surface area (Å²) in [7, 11) is 1.63. The van der Waals surface area contributed by atoms with E-state index in [1.165, 1.54) is 12.8 Å². The maximum atomic E-state index is 12.7. The highest BCUT2D eigenvalue weighted by atomic mass is 16.5. The first-order valence-corrected chi connectivity index (χ1v) is 10.2. The number of carbonyl (C=O) groups excluding carboxylic acids is 1. The Hall–Kier alpha value is -1.79. The van der Waals surface area contributed by atoms with Crippen molar-refractivity contribution < 1.29 is 24.5 Å². The molecule has 2 aliphatic rings. The van der Waals surface area contributed by atoms with Crippen molar-refractivity contribution in [3.05, 3.63) is 23.8 Å². The number of amides is 1. The van der Waals surface area contributed by atoms with E-state index in [2.05, 4.69) is 0 Å². The summed E-state index contributed by atoms with van der Waals surface area (Å²) < 4.78 is 11.5. The minimum absolute atomic E-state index is 0.0310. The predicted molar refractivity (Wildman–Crippen MR) is 107 cm³/mol. The summed E-state index contributed by atoms with van der Waals surface area (Å²) in [6.45, 7) is 7.02. The van der Waals surface area contributed by atoms with Gasteiger partial charge in [-0.05, 0) is 43.4 Å². The number of hydrogen-bond acceptors (Lipinski definition) is 5. The van der Waals surface area contributed by atoms with Crippen LogP contribution >= 0.6 is 0 Å². The molecule has 4 atom stereocenters. The summed E-state index contributed by atoms with van der Waals surface area (Å²) in [4.78, 5) is 14.4. The van der Waals surface area contributed by atoms with E-state index in [9.17, 15) is 15.0 Å². The number of methoxy groups -OCH3 is 1. The first-order valence-electron chi connectivity index (χ1n) is 10.2. The third-order valence-corrected chi connectivity index (χ3v) is 6.45. The van der Waals surface area contributed by atoms with Gasteiger partial charge in [-0.1, -0.05) is 19.9 Å². The maximum Gasteiger partial charge on any atom is 0.227 e. The predicted octanol–water partition coefficient (Wildman–Crippen LogP) is 2.43. The van der Waals surface area contributed by atoms with E-state index in [0.29, 0.717) is 37.1 Å². The molecule has 6 heteroatoms. The van der Waals surface area contributed by atoms with Gasteiger partial charge < -0.3 is 24.6 Å². The Morgan fingerprint density at radius 2 is 2.04 bits per heavy atom. The Balaban J connectivity index is 1.88. The first kappa shape index (κ1) is 20.9. The number of ether oxygens (including phenoxy) is 2. The largest absolute Gasteiger partial charge is 0.493 e. The standard InChI is InChI=1S/C22H33NO5/c1-14(11-24)21(26)23-10-18(22(3,13-23)15(2)25)17-7-8-19(27-4)20(9-17)28-12-16-5-6-16/h7-9,14-16,18,24-25H,5-6,10-13H2,1-4H3/t14-,15-,18+,22-/m1/s1. The average Bonchev–Trinajstić information content (AvgIpc) is 3.45. The second-order valence-electron chi connectivity index (χ2n) is 8.70. The van der Waals surface area contributed by atoms with Crippen LogP contribution in [0.4, 0.5) is 0 Å². The number of rotatable bonds is 8. The van der Waals surface area contributed by atoms with E-state index in [1.807, 2.05) is 25.1 Å². The summed E-state index contributed by atoms with van der Waals surface area (Å²) in [5, 5.41) is 19.9. The van der Waals surface area contributed by atoms with E-state index < -0.39 is 17.4 Å². The molecule has 156 valence electrons. The van der Waals surface area contributed by atoms with Crippen molar-refractivity contribution in [3.63, 3.8) is 0 Å². The molecule has 1 heterocycles. The van der Waals surface area contributed by atoms with Crippen LogP contribution in [0.5, 0.6) is 11.5 Å². The molecular formula is C22H33NO5. The van der Waals surface area contributed by atoms with Gasteiger partial charge in [-0.15, -0.1) is 0 Å². The zero-order valence-corrected chi connectivity index (χ0v) is 17.4. The molecule has 1 aliphatic carbocycles. The zero-order chi connectivity index (χ0) is 20.5. The Bertz CT molecular complexity index is 702. The lowest BCUT2D eigenvalue weighted by molar-refractivity contribution is -0.135. The SMILES string of the molecule is COc1ccc([C@@H]2CN(C(=O)[C@H](C)CO)C[C@]2(C)[C@@H](C)O)cc1OCC1CC1. The summed E-state index contributed by atoms with van der Waals surface area (Å²) >= 11 is 0. The number of likely N-dealkylation sites (tertiary alicyclic amines) is 1. The molecule has 0 radical (unpaired) electrons.